The molecule has 4 aromatic rings. The minimum absolute atomic E-state index is 0.0262. The Bertz CT molecular complexity index is 2070. The normalized spacial score (nSPS) is 17.9. The van der Waals surface area contributed by atoms with Crippen LogP contribution >= 0.6 is 0 Å². The van der Waals surface area contributed by atoms with E-state index in [1.165, 1.54) is 35.4 Å². The van der Waals surface area contributed by atoms with Crippen LogP contribution in [0, 0.1) is 24.0 Å². The predicted molar refractivity (Wildman–Crippen MR) is 186 cm³/mol. The largest absolute Gasteiger partial charge is 0.508 e. The number of amides is 1. The Morgan fingerprint density at radius 3 is 2.50 bits per heavy atom. The molecule has 2 aliphatic heterocycles. The average Bonchev–Trinajstić information content (AvgIpc) is 3.83. The van der Waals surface area contributed by atoms with E-state index in [-0.39, 0.29) is 57.0 Å². The van der Waals surface area contributed by atoms with Crippen LogP contribution in [0.25, 0.3) is 32.9 Å². The minimum Gasteiger partial charge on any atom is -0.508 e. The molecule has 1 amide bonds. The maximum absolute atomic E-state index is 17.0. The summed E-state index contributed by atoms with van der Waals surface area (Å²) in [5.41, 5.74) is -1.12. The summed E-state index contributed by atoms with van der Waals surface area (Å²) >= 11 is 0. The third-order valence-electron chi connectivity index (χ3n) is 11.1. The maximum atomic E-state index is 17.0. The molecule has 2 aromatic carbocycles. The number of phenolic OH excluding ortho intramolecular Hbond substituents is 1. The van der Waals surface area contributed by atoms with Crippen LogP contribution in [0.4, 0.5) is 19.0 Å². The third kappa shape index (κ3) is 5.57. The van der Waals surface area contributed by atoms with E-state index in [1.807, 2.05) is 0 Å². The van der Waals surface area contributed by atoms with Crippen molar-refractivity contribution in [3.8, 4) is 35.4 Å². The standard InChI is InChI=1S/C38H39F3N6O3/c1-5-26-29(40)11-10-24-18-25(48)19-27(30(24)26)32-31(41)33-28(20-42-32)34(44-36(43-33)50-22-38-14-8-16-47(38)17-9-15-38)45(3)21-37(12-6-7-13-37)46(4)35(49)23(2)39/h1,10-11,18-20,48H,2,6-9,12-17,21-22H2,3-4H3. The number of anilines is 1. The van der Waals surface area contributed by atoms with Gasteiger partial charge >= 0.3 is 6.01 Å². The summed E-state index contributed by atoms with van der Waals surface area (Å²) in [6.45, 7) is 5.81. The molecule has 9 nitrogen and oxygen atoms in total. The zero-order chi connectivity index (χ0) is 35.4. The first kappa shape index (κ1) is 33.6. The van der Waals surface area contributed by atoms with E-state index in [4.69, 9.17) is 16.1 Å². The highest BCUT2D eigenvalue weighted by molar-refractivity contribution is 6.03. The molecule has 0 radical (unpaired) electrons. The van der Waals surface area contributed by atoms with Crippen LogP contribution in [0.3, 0.4) is 0 Å². The molecule has 3 fully saturated rings. The summed E-state index contributed by atoms with van der Waals surface area (Å²) in [6, 6.07) is 5.36. The Balaban J connectivity index is 1.37. The molecule has 260 valence electrons. The molecule has 2 saturated heterocycles. The highest BCUT2D eigenvalue weighted by Crippen LogP contribution is 2.42. The maximum Gasteiger partial charge on any atom is 0.319 e. The molecule has 0 bridgehead atoms. The Labute approximate surface area is 288 Å². The Kier molecular flexibility index (Phi) is 8.58. The van der Waals surface area contributed by atoms with Crippen molar-refractivity contribution in [2.75, 3.05) is 45.2 Å². The number of benzene rings is 2. The Morgan fingerprint density at radius 2 is 1.82 bits per heavy atom. The molecule has 50 heavy (non-hydrogen) atoms. The number of carbonyl (C=O) groups is 1. The summed E-state index contributed by atoms with van der Waals surface area (Å²) in [5.74, 6) is -0.819. The SMILES string of the molecule is C#Cc1c(F)ccc2cc(O)cc(-c3ncc4c(N(C)CC5(N(C)C(=O)C(=C)F)CCCC5)nc(OCC56CCCN5CCC6)nc4c3F)c12. The molecule has 4 heterocycles. The summed E-state index contributed by atoms with van der Waals surface area (Å²) < 4.78 is 52.3. The van der Waals surface area contributed by atoms with Crippen molar-refractivity contribution in [2.45, 2.75) is 62.4 Å². The average molecular weight is 685 g/mol. The second kappa shape index (κ2) is 12.8. The van der Waals surface area contributed by atoms with E-state index in [1.54, 1.807) is 19.0 Å². The monoisotopic (exact) mass is 684 g/mol. The Morgan fingerprint density at radius 1 is 1.10 bits per heavy atom. The van der Waals surface area contributed by atoms with Gasteiger partial charge in [0.05, 0.1) is 22.0 Å². The quantitative estimate of drug-likeness (QED) is 0.158. The van der Waals surface area contributed by atoms with Crippen LogP contribution in [-0.4, -0.2) is 87.2 Å². The molecule has 7 rings (SSSR count). The first-order valence-electron chi connectivity index (χ1n) is 17.0. The number of carbonyl (C=O) groups excluding carboxylic acids is 1. The summed E-state index contributed by atoms with van der Waals surface area (Å²) in [6.07, 6.45) is 14.2. The fourth-order valence-corrected chi connectivity index (χ4v) is 8.52. The third-order valence-corrected chi connectivity index (χ3v) is 11.1. The van der Waals surface area contributed by atoms with Gasteiger partial charge in [0.2, 0.25) is 0 Å². The van der Waals surface area contributed by atoms with Gasteiger partial charge in [0.25, 0.3) is 5.91 Å². The number of hydrogen-bond acceptors (Lipinski definition) is 8. The summed E-state index contributed by atoms with van der Waals surface area (Å²) in [4.78, 5) is 32.3. The van der Waals surface area contributed by atoms with Crippen LogP contribution in [0.15, 0.2) is 42.9 Å². The second-order valence-electron chi connectivity index (χ2n) is 13.9. The van der Waals surface area contributed by atoms with E-state index in [0.29, 0.717) is 30.7 Å². The second-order valence-corrected chi connectivity index (χ2v) is 13.9. The zero-order valence-corrected chi connectivity index (χ0v) is 28.2. The molecule has 2 aromatic heterocycles. The molecule has 12 heteroatoms. The first-order valence-corrected chi connectivity index (χ1v) is 17.0. The molecule has 3 aliphatic rings. The van der Waals surface area contributed by atoms with E-state index in [2.05, 4.69) is 27.4 Å². The van der Waals surface area contributed by atoms with Crippen molar-refractivity contribution < 1.29 is 27.8 Å². The number of aromatic hydroxyl groups is 1. The topological polar surface area (TPSA) is 94.9 Å². The van der Waals surface area contributed by atoms with Gasteiger partial charge in [0.1, 0.15) is 35.2 Å². The fourth-order valence-electron chi connectivity index (χ4n) is 8.52. The van der Waals surface area contributed by atoms with Crippen LogP contribution in [0.5, 0.6) is 11.8 Å². The summed E-state index contributed by atoms with van der Waals surface area (Å²) in [7, 11) is 3.35. The zero-order valence-electron chi connectivity index (χ0n) is 28.2. The first-order chi connectivity index (χ1) is 24.0. The molecule has 1 N–H and O–H groups in total. The number of hydrogen-bond donors (Lipinski definition) is 1. The van der Waals surface area contributed by atoms with E-state index >= 15 is 4.39 Å². The van der Waals surface area contributed by atoms with Gasteiger partial charge in [-0.3, -0.25) is 14.7 Å². The lowest BCUT2D eigenvalue weighted by Crippen LogP contribution is -2.54. The minimum atomic E-state index is -1.04. The van der Waals surface area contributed by atoms with Crippen molar-refractivity contribution in [1.82, 2.24) is 24.8 Å². The van der Waals surface area contributed by atoms with Crippen molar-refractivity contribution in [3.05, 3.63) is 60.1 Å². The number of terminal acetylenes is 1. The molecule has 1 aliphatic carbocycles. The Hall–Kier alpha value is -4.89. The van der Waals surface area contributed by atoms with Crippen LogP contribution in [0.1, 0.15) is 56.9 Å². The molecular formula is C38H39F3N6O3. The number of likely N-dealkylation sites (N-methyl/N-ethyl adjacent to an activating group) is 2. The lowest BCUT2D eigenvalue weighted by Gasteiger charge is -2.41. The van der Waals surface area contributed by atoms with Gasteiger partial charge in [0.15, 0.2) is 11.6 Å². The molecule has 0 spiro atoms. The number of aromatic nitrogens is 3. The van der Waals surface area contributed by atoms with Crippen molar-refractivity contribution >= 4 is 33.4 Å². The lowest BCUT2D eigenvalue weighted by molar-refractivity contribution is -0.132. The van der Waals surface area contributed by atoms with Crippen molar-refractivity contribution in [1.29, 1.82) is 0 Å². The van der Waals surface area contributed by atoms with Crippen LogP contribution in [-0.2, 0) is 4.79 Å². The van der Waals surface area contributed by atoms with Crippen LogP contribution < -0.4 is 9.64 Å². The van der Waals surface area contributed by atoms with Crippen molar-refractivity contribution in [3.63, 3.8) is 0 Å². The number of pyridine rings is 1. The van der Waals surface area contributed by atoms with Gasteiger partial charge in [-0.05, 0) is 75.2 Å². The number of rotatable bonds is 9. The molecule has 0 atom stereocenters. The van der Waals surface area contributed by atoms with Gasteiger partial charge in [-0.1, -0.05) is 31.4 Å². The number of fused-ring (bicyclic) bond motifs is 3. The van der Waals surface area contributed by atoms with Gasteiger partial charge in [0, 0.05) is 37.8 Å². The number of ether oxygens (including phenoxy) is 1. The van der Waals surface area contributed by atoms with Gasteiger partial charge in [-0.15, -0.1) is 6.42 Å². The van der Waals surface area contributed by atoms with Gasteiger partial charge in [-0.25, -0.2) is 13.2 Å². The molecule has 0 unspecified atom stereocenters. The number of phenols is 1. The lowest BCUT2D eigenvalue weighted by atomic mass is 9.94. The number of halogens is 3. The summed E-state index contributed by atoms with van der Waals surface area (Å²) in [5, 5.41) is 11.5. The number of nitrogens with zero attached hydrogens (tertiary/aromatic N) is 6. The smallest absolute Gasteiger partial charge is 0.319 e. The van der Waals surface area contributed by atoms with Gasteiger partial charge in [-0.2, -0.15) is 9.97 Å². The van der Waals surface area contributed by atoms with E-state index < -0.39 is 28.9 Å². The van der Waals surface area contributed by atoms with E-state index in [0.717, 1.165) is 51.6 Å². The highest BCUT2D eigenvalue weighted by Gasteiger charge is 2.45. The molecule has 1 saturated carbocycles. The molecular weight excluding hydrogens is 645 g/mol. The van der Waals surface area contributed by atoms with Gasteiger partial charge < -0.3 is 19.6 Å². The highest BCUT2D eigenvalue weighted by atomic mass is 19.1. The van der Waals surface area contributed by atoms with E-state index in [9.17, 15) is 18.7 Å². The fraction of sp³-hybridized carbons (Fsp3) is 0.421. The predicted octanol–water partition coefficient (Wildman–Crippen LogP) is 6.51. The van der Waals surface area contributed by atoms with Crippen LogP contribution in [0.2, 0.25) is 0 Å². The van der Waals surface area contributed by atoms with Crippen molar-refractivity contribution in [2.24, 2.45) is 0 Å².